The summed E-state index contributed by atoms with van der Waals surface area (Å²) in [4.78, 5) is 0. The van der Waals surface area contributed by atoms with Crippen molar-refractivity contribution in [3.05, 3.63) is 42.5 Å². The zero-order valence-corrected chi connectivity index (χ0v) is 11.8. The Morgan fingerprint density at radius 3 is 2.41 bits per heavy atom. The van der Waals surface area contributed by atoms with Crippen LogP contribution < -0.4 is 5.32 Å². The van der Waals surface area contributed by atoms with Gasteiger partial charge in [-0.2, -0.15) is 0 Å². The van der Waals surface area contributed by atoms with Crippen molar-refractivity contribution in [2.45, 2.75) is 30.6 Å². The first-order chi connectivity index (χ1) is 10.6. The predicted octanol–water partition coefficient (Wildman–Crippen LogP) is 0.0516. The van der Waals surface area contributed by atoms with E-state index in [0.29, 0.717) is 0 Å². The standard InChI is InChI=1S/C16H19NO5/c18-8-12-13(19)14(20)15(21)16(22-12)17-11-7-3-5-9-4-1-2-6-10(9)11/h1-7,12-21H,8H2/t12-,13+,14-,15+,16-/m0/s1. The van der Waals surface area contributed by atoms with Gasteiger partial charge in [-0.3, -0.25) is 0 Å². The van der Waals surface area contributed by atoms with Gasteiger partial charge in [-0.25, -0.2) is 0 Å². The van der Waals surface area contributed by atoms with Crippen molar-refractivity contribution in [3.8, 4) is 0 Å². The molecule has 2 aromatic carbocycles. The fourth-order valence-electron chi connectivity index (χ4n) is 2.73. The van der Waals surface area contributed by atoms with Crippen LogP contribution in [-0.2, 0) is 4.74 Å². The van der Waals surface area contributed by atoms with Crippen molar-refractivity contribution in [2.75, 3.05) is 11.9 Å². The second-order valence-electron chi connectivity index (χ2n) is 5.42. The largest absolute Gasteiger partial charge is 0.394 e. The number of anilines is 1. The van der Waals surface area contributed by atoms with E-state index in [1.54, 1.807) is 0 Å². The lowest BCUT2D eigenvalue weighted by atomic mass is 9.98. The molecule has 6 heteroatoms. The molecule has 1 fully saturated rings. The highest BCUT2D eigenvalue weighted by atomic mass is 16.6. The van der Waals surface area contributed by atoms with E-state index in [4.69, 9.17) is 4.74 Å². The van der Waals surface area contributed by atoms with E-state index < -0.39 is 37.3 Å². The van der Waals surface area contributed by atoms with Gasteiger partial charge >= 0.3 is 0 Å². The Morgan fingerprint density at radius 2 is 1.64 bits per heavy atom. The minimum absolute atomic E-state index is 0.446. The maximum absolute atomic E-state index is 10.1. The van der Waals surface area contributed by atoms with Crippen LogP contribution in [0.2, 0.25) is 0 Å². The quantitative estimate of drug-likeness (QED) is 0.549. The Labute approximate surface area is 127 Å². The minimum Gasteiger partial charge on any atom is -0.394 e. The Balaban J connectivity index is 1.87. The fourth-order valence-corrected chi connectivity index (χ4v) is 2.73. The summed E-state index contributed by atoms with van der Waals surface area (Å²) in [6.07, 6.45) is -5.91. The maximum Gasteiger partial charge on any atom is 0.157 e. The molecule has 1 aliphatic rings. The van der Waals surface area contributed by atoms with Crippen LogP contribution >= 0.6 is 0 Å². The molecule has 0 bridgehead atoms. The molecule has 3 rings (SSSR count). The zero-order chi connectivity index (χ0) is 15.7. The van der Waals surface area contributed by atoms with E-state index in [1.165, 1.54) is 0 Å². The Kier molecular flexibility index (Phi) is 4.28. The van der Waals surface area contributed by atoms with Crippen LogP contribution in [0.15, 0.2) is 42.5 Å². The van der Waals surface area contributed by atoms with Crippen LogP contribution in [-0.4, -0.2) is 57.7 Å². The van der Waals surface area contributed by atoms with Gasteiger partial charge in [0.05, 0.1) is 6.61 Å². The molecule has 0 aliphatic carbocycles. The van der Waals surface area contributed by atoms with Crippen LogP contribution in [0.5, 0.6) is 0 Å². The van der Waals surface area contributed by atoms with Gasteiger partial charge < -0.3 is 30.5 Å². The minimum atomic E-state index is -1.39. The molecule has 1 heterocycles. The van der Waals surface area contributed by atoms with Crippen molar-refractivity contribution in [1.82, 2.24) is 0 Å². The lowest BCUT2D eigenvalue weighted by Crippen LogP contribution is -2.60. The fraction of sp³-hybridized carbons (Fsp3) is 0.375. The Bertz CT molecular complexity index is 642. The molecule has 1 saturated heterocycles. The molecule has 22 heavy (non-hydrogen) atoms. The summed E-state index contributed by atoms with van der Waals surface area (Å²) in [5, 5.41) is 43.9. The lowest BCUT2D eigenvalue weighted by molar-refractivity contribution is -0.221. The molecule has 118 valence electrons. The number of nitrogens with one attached hydrogen (secondary N) is 1. The number of benzene rings is 2. The van der Waals surface area contributed by atoms with E-state index in [1.807, 2.05) is 42.5 Å². The number of fused-ring (bicyclic) bond motifs is 1. The average molecular weight is 305 g/mol. The van der Waals surface area contributed by atoms with Gasteiger partial charge in [-0.05, 0) is 11.5 Å². The molecular formula is C16H19NO5. The second-order valence-corrected chi connectivity index (χ2v) is 5.42. The third kappa shape index (κ3) is 2.67. The summed E-state index contributed by atoms with van der Waals surface area (Å²) in [7, 11) is 0. The topological polar surface area (TPSA) is 102 Å². The van der Waals surface area contributed by atoms with Crippen LogP contribution in [0.25, 0.3) is 10.8 Å². The van der Waals surface area contributed by atoms with Crippen LogP contribution in [0.1, 0.15) is 0 Å². The molecule has 0 spiro atoms. The van der Waals surface area contributed by atoms with E-state index >= 15 is 0 Å². The highest BCUT2D eigenvalue weighted by Gasteiger charge is 2.43. The van der Waals surface area contributed by atoms with Crippen molar-refractivity contribution in [3.63, 3.8) is 0 Å². The highest BCUT2D eigenvalue weighted by Crippen LogP contribution is 2.27. The summed E-state index contributed by atoms with van der Waals surface area (Å²) in [5.74, 6) is 0. The van der Waals surface area contributed by atoms with E-state index in [2.05, 4.69) is 5.32 Å². The molecule has 0 saturated carbocycles. The average Bonchev–Trinajstić information content (AvgIpc) is 2.55. The SMILES string of the molecule is OC[C@@H]1O[C@H](Nc2cccc3ccccc23)[C@H](O)[C@@H](O)[C@@H]1O. The normalized spacial score (nSPS) is 32.1. The maximum atomic E-state index is 10.1. The molecule has 0 aromatic heterocycles. The molecule has 5 atom stereocenters. The van der Waals surface area contributed by atoms with E-state index in [9.17, 15) is 20.4 Å². The van der Waals surface area contributed by atoms with Gasteiger partial charge in [0.15, 0.2) is 6.23 Å². The molecule has 0 amide bonds. The molecule has 6 nitrogen and oxygen atoms in total. The predicted molar refractivity (Wildman–Crippen MR) is 81.3 cm³/mol. The summed E-state index contributed by atoms with van der Waals surface area (Å²) in [6, 6.07) is 13.4. The first-order valence-corrected chi connectivity index (χ1v) is 7.16. The van der Waals surface area contributed by atoms with E-state index in [0.717, 1.165) is 16.5 Å². The van der Waals surface area contributed by atoms with Crippen molar-refractivity contribution >= 4 is 16.5 Å². The van der Waals surface area contributed by atoms with Crippen LogP contribution in [0.3, 0.4) is 0 Å². The number of hydrogen-bond acceptors (Lipinski definition) is 6. The summed E-state index contributed by atoms with van der Waals surface area (Å²) < 4.78 is 5.46. The number of ether oxygens (including phenoxy) is 1. The zero-order valence-electron chi connectivity index (χ0n) is 11.8. The van der Waals surface area contributed by atoms with Crippen molar-refractivity contribution in [1.29, 1.82) is 0 Å². The van der Waals surface area contributed by atoms with Crippen molar-refractivity contribution < 1.29 is 25.2 Å². The summed E-state index contributed by atoms with van der Waals surface area (Å²) >= 11 is 0. The van der Waals surface area contributed by atoms with Gasteiger partial charge in [0.25, 0.3) is 0 Å². The first kappa shape index (κ1) is 15.2. The third-order valence-corrected chi connectivity index (χ3v) is 3.98. The van der Waals surface area contributed by atoms with Gasteiger partial charge in [-0.1, -0.05) is 36.4 Å². The molecule has 0 radical (unpaired) electrons. The summed E-state index contributed by atoms with van der Waals surface area (Å²) in [6.45, 7) is -0.446. The number of aliphatic hydroxyl groups is 4. The molecule has 0 unspecified atom stereocenters. The first-order valence-electron chi connectivity index (χ1n) is 7.16. The number of rotatable bonds is 3. The Hall–Kier alpha value is -1.70. The molecule has 2 aromatic rings. The number of aliphatic hydroxyl groups excluding tert-OH is 4. The lowest BCUT2D eigenvalue weighted by Gasteiger charge is -2.40. The third-order valence-electron chi connectivity index (χ3n) is 3.98. The van der Waals surface area contributed by atoms with Crippen molar-refractivity contribution in [2.24, 2.45) is 0 Å². The smallest absolute Gasteiger partial charge is 0.157 e. The molecular weight excluding hydrogens is 286 g/mol. The van der Waals surface area contributed by atoms with Gasteiger partial charge in [0.2, 0.25) is 0 Å². The highest BCUT2D eigenvalue weighted by molar-refractivity contribution is 5.93. The summed E-state index contributed by atoms with van der Waals surface area (Å²) in [5.41, 5.74) is 0.738. The van der Waals surface area contributed by atoms with Gasteiger partial charge in [-0.15, -0.1) is 0 Å². The van der Waals surface area contributed by atoms with Gasteiger partial charge in [0.1, 0.15) is 24.4 Å². The van der Waals surface area contributed by atoms with Crippen LogP contribution in [0, 0.1) is 0 Å². The number of hydrogen-bond donors (Lipinski definition) is 5. The van der Waals surface area contributed by atoms with Crippen LogP contribution in [0.4, 0.5) is 5.69 Å². The molecule has 1 aliphatic heterocycles. The second kappa shape index (κ2) is 6.20. The molecule has 5 N–H and O–H groups in total. The van der Waals surface area contributed by atoms with Gasteiger partial charge in [0, 0.05) is 11.1 Å². The Morgan fingerprint density at radius 1 is 0.909 bits per heavy atom. The monoisotopic (exact) mass is 305 g/mol. The van der Waals surface area contributed by atoms with E-state index in [-0.39, 0.29) is 0 Å².